The largest absolute Gasteiger partial charge is 0.399 e. The molecule has 0 fully saturated rings. The van der Waals surface area contributed by atoms with Crippen LogP contribution in [-0.4, -0.2) is 9.13 Å². The number of benzene rings is 7. The van der Waals surface area contributed by atoms with E-state index in [-0.39, 0.29) is 23.0 Å². The van der Waals surface area contributed by atoms with Gasteiger partial charge in [-0.25, -0.2) is 4.57 Å². The van der Waals surface area contributed by atoms with Gasteiger partial charge in [-0.2, -0.15) is 0 Å². The number of fused-ring (bicyclic) bond motifs is 4. The van der Waals surface area contributed by atoms with E-state index in [1.807, 2.05) is 24.3 Å². The zero-order valence-corrected chi connectivity index (χ0v) is 31.6. The van der Waals surface area contributed by atoms with Gasteiger partial charge in [0.25, 0.3) is 11.1 Å². The molecule has 53 heavy (non-hydrogen) atoms. The zero-order chi connectivity index (χ0) is 36.9. The molecule has 0 saturated heterocycles. The Kier molecular flexibility index (Phi) is 7.78. The highest BCUT2D eigenvalue weighted by molar-refractivity contribution is 6.40. The van der Waals surface area contributed by atoms with E-state index in [9.17, 15) is 9.59 Å². The Labute approximate surface area is 309 Å². The predicted molar refractivity (Wildman–Crippen MR) is 227 cm³/mol. The Bertz CT molecular complexity index is 2910. The van der Waals surface area contributed by atoms with Gasteiger partial charge in [0.2, 0.25) is 0 Å². The lowest BCUT2D eigenvalue weighted by atomic mass is 9.85. The summed E-state index contributed by atoms with van der Waals surface area (Å²) in [7, 11) is 0. The lowest BCUT2D eigenvalue weighted by Crippen LogP contribution is -2.33. The molecule has 0 radical (unpaired) electrons. The molecule has 0 aliphatic rings. The molecule has 0 bridgehead atoms. The number of nitrogens with zero attached hydrogens (tertiary/aromatic N) is 2. The highest BCUT2D eigenvalue weighted by atomic mass is 16.2. The number of anilines is 1. The molecule has 2 heterocycles. The summed E-state index contributed by atoms with van der Waals surface area (Å²) < 4.78 is 3.99. The topological polar surface area (TPSA) is 70.0 Å². The molecule has 9 rings (SSSR count). The second-order valence-corrected chi connectivity index (χ2v) is 16.0. The Morgan fingerprint density at radius 3 is 1.62 bits per heavy atom. The van der Waals surface area contributed by atoms with Crippen molar-refractivity contribution >= 4 is 81.4 Å². The molecule has 1 atom stereocenters. The first-order valence-electron chi connectivity index (χ1n) is 19.5. The maximum absolute atomic E-state index is 14.7. The molecule has 5 nitrogen and oxygen atoms in total. The SMILES string of the molecule is CCCCC(CC)Cn1c2cc(N)ccc2c2ccc3c4ccc5c(=O)n(-c6c(C(C)C)cccc6C(C)C)c(=O)c6ccc(c7ccc1c2c37)c4c56. The fourth-order valence-corrected chi connectivity index (χ4v) is 9.48. The standard InChI is InChI=1S/C48H47N3O2/c1-7-9-11-28(8-2)25-50-40-23-22-37-35-19-21-39-44-38(47(52)51(48(39)53)46-30(26(3)4)12-10-13-31(46)27(5)6)20-18-34(42(35)44)36-17-16-33(45(40)43(36)37)32-15-14-29(49)24-41(32)50/h10,12-24,26-28H,7-9,11,25,49H2,1-6H3. The lowest BCUT2D eigenvalue weighted by Gasteiger charge is -2.25. The van der Waals surface area contributed by atoms with E-state index in [0.717, 1.165) is 67.8 Å². The zero-order valence-electron chi connectivity index (χ0n) is 31.6. The van der Waals surface area contributed by atoms with Crippen LogP contribution in [0.5, 0.6) is 0 Å². The predicted octanol–water partition coefficient (Wildman–Crippen LogP) is 12.0. The van der Waals surface area contributed by atoms with Gasteiger partial charge in [0.1, 0.15) is 0 Å². The minimum atomic E-state index is -0.252. The summed E-state index contributed by atoms with van der Waals surface area (Å²) >= 11 is 0. The molecule has 0 saturated carbocycles. The van der Waals surface area contributed by atoms with Crippen LogP contribution < -0.4 is 16.9 Å². The van der Waals surface area contributed by atoms with E-state index in [0.29, 0.717) is 16.7 Å². The van der Waals surface area contributed by atoms with Crippen molar-refractivity contribution in [3.8, 4) is 5.69 Å². The maximum atomic E-state index is 14.7. The monoisotopic (exact) mass is 697 g/mol. The lowest BCUT2D eigenvalue weighted by molar-refractivity contribution is 0.400. The molecule has 9 aromatic rings. The van der Waals surface area contributed by atoms with Crippen LogP contribution in [0, 0.1) is 5.92 Å². The maximum Gasteiger partial charge on any atom is 0.266 e. The van der Waals surface area contributed by atoms with Gasteiger partial charge >= 0.3 is 0 Å². The number of hydrogen-bond donors (Lipinski definition) is 1. The van der Waals surface area contributed by atoms with Crippen LogP contribution in [0.1, 0.15) is 90.2 Å². The van der Waals surface area contributed by atoms with Gasteiger partial charge in [0.05, 0.1) is 11.2 Å². The van der Waals surface area contributed by atoms with Gasteiger partial charge in [-0.05, 0) is 98.0 Å². The number of unbranched alkanes of at least 4 members (excludes halogenated alkanes) is 1. The van der Waals surface area contributed by atoms with E-state index in [2.05, 4.69) is 107 Å². The first-order valence-corrected chi connectivity index (χ1v) is 19.5. The van der Waals surface area contributed by atoms with Gasteiger partial charge in [-0.15, -0.1) is 0 Å². The quantitative estimate of drug-likeness (QED) is 0.0927. The van der Waals surface area contributed by atoms with Crippen molar-refractivity contribution in [3.05, 3.63) is 117 Å². The van der Waals surface area contributed by atoms with Gasteiger partial charge in [0.15, 0.2) is 0 Å². The van der Waals surface area contributed by atoms with E-state index < -0.39 is 0 Å². The van der Waals surface area contributed by atoms with Crippen molar-refractivity contribution in [2.75, 3.05) is 5.73 Å². The van der Waals surface area contributed by atoms with E-state index >= 15 is 0 Å². The second kappa shape index (κ2) is 12.3. The van der Waals surface area contributed by atoms with Crippen LogP contribution in [0.3, 0.4) is 0 Å². The number of para-hydroxylation sites is 1. The molecule has 2 N–H and O–H groups in total. The molecule has 2 aromatic heterocycles. The van der Waals surface area contributed by atoms with Gasteiger partial charge in [-0.1, -0.05) is 115 Å². The van der Waals surface area contributed by atoms with Crippen molar-refractivity contribution in [3.63, 3.8) is 0 Å². The molecule has 0 spiro atoms. The summed E-state index contributed by atoms with van der Waals surface area (Å²) in [6, 6.07) is 29.7. The first kappa shape index (κ1) is 33.4. The van der Waals surface area contributed by atoms with Gasteiger partial charge in [-0.3, -0.25) is 9.59 Å². The number of rotatable bonds is 9. The normalized spacial score (nSPS) is 13.2. The number of aromatic nitrogens is 2. The average molecular weight is 698 g/mol. The van der Waals surface area contributed by atoms with Gasteiger partial charge in [0, 0.05) is 50.1 Å². The molecule has 0 aliphatic heterocycles. The smallest absolute Gasteiger partial charge is 0.266 e. The molecule has 266 valence electrons. The third-order valence-electron chi connectivity index (χ3n) is 12.2. The minimum Gasteiger partial charge on any atom is -0.399 e. The fraction of sp³-hybridized carbons (Fsp3) is 0.292. The highest BCUT2D eigenvalue weighted by Gasteiger charge is 2.25. The van der Waals surface area contributed by atoms with E-state index in [1.54, 1.807) is 0 Å². The molecule has 5 heteroatoms. The van der Waals surface area contributed by atoms with Crippen LogP contribution in [0.2, 0.25) is 0 Å². The number of hydrogen-bond acceptors (Lipinski definition) is 3. The molecule has 0 aliphatic carbocycles. The molecular formula is C48H47N3O2. The van der Waals surface area contributed by atoms with Crippen molar-refractivity contribution in [2.24, 2.45) is 5.92 Å². The Morgan fingerprint density at radius 2 is 1.08 bits per heavy atom. The number of nitrogen functional groups attached to an aromatic ring is 1. The number of nitrogens with two attached hydrogens (primary N) is 1. The molecule has 0 amide bonds. The van der Waals surface area contributed by atoms with Crippen LogP contribution in [0.4, 0.5) is 5.69 Å². The van der Waals surface area contributed by atoms with Crippen molar-refractivity contribution < 1.29 is 0 Å². The first-order chi connectivity index (χ1) is 25.6. The Morgan fingerprint density at radius 1 is 0.585 bits per heavy atom. The van der Waals surface area contributed by atoms with Crippen molar-refractivity contribution in [1.82, 2.24) is 9.13 Å². The van der Waals surface area contributed by atoms with Crippen LogP contribution in [0.15, 0.2) is 94.5 Å². The summed E-state index contributed by atoms with van der Waals surface area (Å²) in [5.74, 6) is 0.848. The third-order valence-corrected chi connectivity index (χ3v) is 12.2. The van der Waals surface area contributed by atoms with E-state index in [1.165, 1.54) is 56.4 Å². The second-order valence-electron chi connectivity index (χ2n) is 16.0. The summed E-state index contributed by atoms with van der Waals surface area (Å²) in [6.07, 6.45) is 4.74. The highest BCUT2D eigenvalue weighted by Crippen LogP contribution is 2.46. The third kappa shape index (κ3) is 4.75. The molecule has 7 aromatic carbocycles. The van der Waals surface area contributed by atoms with E-state index in [4.69, 9.17) is 5.73 Å². The number of pyridine rings is 2. The van der Waals surface area contributed by atoms with Crippen molar-refractivity contribution in [1.29, 1.82) is 0 Å². The fourth-order valence-electron chi connectivity index (χ4n) is 9.48. The van der Waals surface area contributed by atoms with Crippen molar-refractivity contribution in [2.45, 2.75) is 85.6 Å². The summed E-state index contributed by atoms with van der Waals surface area (Å²) in [6.45, 7) is 14.0. The summed E-state index contributed by atoms with van der Waals surface area (Å²) in [4.78, 5) is 29.4. The van der Waals surface area contributed by atoms with Crippen LogP contribution in [-0.2, 0) is 6.54 Å². The van der Waals surface area contributed by atoms with Crippen LogP contribution in [0.25, 0.3) is 81.4 Å². The summed E-state index contributed by atoms with van der Waals surface area (Å²) in [5, 5.41) is 12.2. The molecular weight excluding hydrogens is 651 g/mol. The Hall–Kier alpha value is -5.42. The Balaban J connectivity index is 1.40. The van der Waals surface area contributed by atoms with Gasteiger partial charge < -0.3 is 10.3 Å². The van der Waals surface area contributed by atoms with Crippen LogP contribution >= 0.6 is 0 Å². The average Bonchev–Trinajstić information content (AvgIpc) is 3.16. The molecule has 1 unspecified atom stereocenters. The minimum absolute atomic E-state index is 0.143. The summed E-state index contributed by atoms with van der Waals surface area (Å²) in [5.41, 5.74) is 11.9.